The molecule has 0 bridgehead atoms. The number of benzene rings is 2. The van der Waals surface area contributed by atoms with Gasteiger partial charge in [-0.2, -0.15) is 0 Å². The average Bonchev–Trinajstić information content (AvgIpc) is 3.12. The summed E-state index contributed by atoms with van der Waals surface area (Å²) in [6, 6.07) is 11.2. The number of anilines is 1. The van der Waals surface area contributed by atoms with Crippen LogP contribution in [0.2, 0.25) is 10.0 Å². The van der Waals surface area contributed by atoms with E-state index in [1.165, 1.54) is 11.8 Å². The van der Waals surface area contributed by atoms with Crippen molar-refractivity contribution in [3.05, 3.63) is 63.9 Å². The van der Waals surface area contributed by atoms with Gasteiger partial charge in [-0.15, -0.1) is 10.2 Å². The van der Waals surface area contributed by atoms with Crippen LogP contribution < -0.4 is 15.4 Å². The second-order valence-corrected chi connectivity index (χ2v) is 8.63. The molecule has 0 saturated heterocycles. The highest BCUT2D eigenvalue weighted by atomic mass is 35.5. The van der Waals surface area contributed by atoms with Gasteiger partial charge in [0.2, 0.25) is 5.91 Å². The molecule has 0 spiro atoms. The second-order valence-electron chi connectivity index (χ2n) is 6.82. The quantitative estimate of drug-likeness (QED) is 0.452. The van der Waals surface area contributed by atoms with Gasteiger partial charge in [0.05, 0.1) is 18.9 Å². The fourth-order valence-electron chi connectivity index (χ4n) is 2.87. The molecule has 0 aliphatic heterocycles. The third kappa shape index (κ3) is 6.15. The molecule has 32 heavy (non-hydrogen) atoms. The molecule has 11 heteroatoms. The lowest BCUT2D eigenvalue weighted by atomic mass is 10.2. The Morgan fingerprint density at radius 1 is 1.12 bits per heavy atom. The number of nitrogens with one attached hydrogen (secondary N) is 2. The van der Waals surface area contributed by atoms with Crippen molar-refractivity contribution in [1.82, 2.24) is 20.1 Å². The minimum atomic E-state index is -0.390. The number of carbonyl (C=O) groups is 2. The van der Waals surface area contributed by atoms with Crippen molar-refractivity contribution in [2.45, 2.75) is 18.1 Å². The molecule has 0 aliphatic carbocycles. The fraction of sp³-hybridized carbons (Fsp3) is 0.238. The summed E-state index contributed by atoms with van der Waals surface area (Å²) in [5, 5.41) is 15.4. The molecule has 2 amide bonds. The Morgan fingerprint density at radius 3 is 2.41 bits per heavy atom. The van der Waals surface area contributed by atoms with Crippen LogP contribution in [0.4, 0.5) is 5.69 Å². The third-order valence-corrected chi connectivity index (χ3v) is 5.89. The Labute approximate surface area is 199 Å². The Morgan fingerprint density at radius 2 is 1.78 bits per heavy atom. The molecule has 1 heterocycles. The summed E-state index contributed by atoms with van der Waals surface area (Å²) >= 11 is 13.1. The summed E-state index contributed by atoms with van der Waals surface area (Å²) in [6.07, 6.45) is 0. The second kappa shape index (κ2) is 10.7. The lowest BCUT2D eigenvalue weighted by Gasteiger charge is -2.14. The molecule has 0 saturated carbocycles. The number of amides is 2. The molecule has 3 rings (SSSR count). The molecule has 2 aromatic carbocycles. The van der Waals surface area contributed by atoms with Gasteiger partial charge in [0.1, 0.15) is 5.75 Å². The minimum Gasteiger partial charge on any atom is -0.497 e. The number of methoxy groups -OCH3 is 1. The lowest BCUT2D eigenvalue weighted by Crippen LogP contribution is -2.28. The first-order chi connectivity index (χ1) is 15.3. The molecule has 168 valence electrons. The maximum atomic E-state index is 12.5. The van der Waals surface area contributed by atoms with Gasteiger partial charge >= 0.3 is 0 Å². The molecule has 3 aromatic rings. The number of carbonyl (C=O) groups excluding carboxylic acids is 2. The van der Waals surface area contributed by atoms with E-state index in [1.54, 1.807) is 61.2 Å². The van der Waals surface area contributed by atoms with Crippen molar-refractivity contribution in [2.24, 2.45) is 7.05 Å². The van der Waals surface area contributed by atoms with Crippen LogP contribution in [-0.4, -0.2) is 39.4 Å². The van der Waals surface area contributed by atoms with Crippen LogP contribution in [0.1, 0.15) is 29.1 Å². The molecular weight excluding hydrogens is 473 g/mol. The standard InChI is InChI=1S/C21H21Cl2N5O3S/c1-12(24-20(30)13-4-6-17(31-3)7-5-13)19-26-27-21(28(19)2)32-11-18(29)25-16-9-14(22)8-15(23)10-16/h4-10,12H,11H2,1-3H3,(H,24,30)(H,25,29). The van der Waals surface area contributed by atoms with E-state index in [2.05, 4.69) is 20.8 Å². The van der Waals surface area contributed by atoms with Crippen LogP contribution in [-0.2, 0) is 11.8 Å². The first kappa shape index (κ1) is 23.9. The molecule has 1 unspecified atom stereocenters. The van der Waals surface area contributed by atoms with Gasteiger partial charge in [-0.05, 0) is 49.4 Å². The average molecular weight is 494 g/mol. The Hall–Kier alpha value is -2.75. The summed E-state index contributed by atoms with van der Waals surface area (Å²) < 4.78 is 6.85. The maximum absolute atomic E-state index is 12.5. The first-order valence-electron chi connectivity index (χ1n) is 9.49. The molecular formula is C21H21Cl2N5O3S. The number of rotatable bonds is 8. The highest BCUT2D eigenvalue weighted by Crippen LogP contribution is 2.24. The van der Waals surface area contributed by atoms with Crippen LogP contribution in [0.5, 0.6) is 5.75 Å². The predicted molar refractivity (Wildman–Crippen MR) is 126 cm³/mol. The number of nitrogens with zero attached hydrogens (tertiary/aromatic N) is 3. The summed E-state index contributed by atoms with van der Waals surface area (Å²) in [5.74, 6) is 0.877. The van der Waals surface area contributed by atoms with Crippen molar-refractivity contribution in [3.63, 3.8) is 0 Å². The third-order valence-electron chi connectivity index (χ3n) is 4.43. The van der Waals surface area contributed by atoms with Crippen LogP contribution in [0.3, 0.4) is 0 Å². The number of thioether (sulfide) groups is 1. The zero-order valence-electron chi connectivity index (χ0n) is 17.6. The highest BCUT2D eigenvalue weighted by molar-refractivity contribution is 7.99. The molecule has 1 aromatic heterocycles. The van der Waals surface area contributed by atoms with Crippen LogP contribution in [0, 0.1) is 0 Å². The van der Waals surface area contributed by atoms with Crippen LogP contribution in [0.15, 0.2) is 47.6 Å². The highest BCUT2D eigenvalue weighted by Gasteiger charge is 2.19. The van der Waals surface area contributed by atoms with Gasteiger partial charge in [-0.3, -0.25) is 9.59 Å². The summed E-state index contributed by atoms with van der Waals surface area (Å²) in [5.41, 5.74) is 1.02. The van der Waals surface area contributed by atoms with Crippen molar-refractivity contribution >= 4 is 52.5 Å². The number of halogens is 2. The minimum absolute atomic E-state index is 0.114. The van der Waals surface area contributed by atoms with E-state index in [4.69, 9.17) is 27.9 Å². The molecule has 2 N–H and O–H groups in total. The maximum Gasteiger partial charge on any atom is 0.251 e. The topological polar surface area (TPSA) is 98.1 Å². The van der Waals surface area contributed by atoms with Crippen molar-refractivity contribution in [2.75, 3.05) is 18.2 Å². The first-order valence-corrected chi connectivity index (χ1v) is 11.2. The molecule has 0 fully saturated rings. The Kier molecular flexibility index (Phi) is 8.00. The van der Waals surface area contributed by atoms with Gasteiger partial charge < -0.3 is 19.9 Å². The zero-order chi connectivity index (χ0) is 23.3. The zero-order valence-corrected chi connectivity index (χ0v) is 19.9. The largest absolute Gasteiger partial charge is 0.497 e. The number of aromatic nitrogens is 3. The van der Waals surface area contributed by atoms with Crippen LogP contribution >= 0.6 is 35.0 Å². The van der Waals surface area contributed by atoms with Gasteiger partial charge in [-0.1, -0.05) is 35.0 Å². The normalized spacial score (nSPS) is 11.7. The molecule has 0 radical (unpaired) electrons. The SMILES string of the molecule is COc1ccc(C(=O)NC(C)c2nnc(SCC(=O)Nc3cc(Cl)cc(Cl)c3)n2C)cc1. The van der Waals surface area contributed by atoms with Crippen molar-refractivity contribution < 1.29 is 14.3 Å². The summed E-state index contributed by atoms with van der Waals surface area (Å²) in [7, 11) is 3.35. The number of hydrogen-bond acceptors (Lipinski definition) is 6. The van der Waals surface area contributed by atoms with E-state index in [1.807, 2.05) is 6.92 Å². The Balaban J connectivity index is 1.57. The van der Waals surface area contributed by atoms with E-state index < -0.39 is 0 Å². The van der Waals surface area contributed by atoms with Gasteiger partial charge in [0.15, 0.2) is 11.0 Å². The number of hydrogen-bond donors (Lipinski definition) is 2. The predicted octanol–water partition coefficient (Wildman–Crippen LogP) is 4.35. The van der Waals surface area contributed by atoms with E-state index >= 15 is 0 Å². The Bertz CT molecular complexity index is 1100. The molecule has 1 atom stereocenters. The van der Waals surface area contributed by atoms with Gasteiger partial charge in [0.25, 0.3) is 5.91 Å². The molecule has 0 aliphatic rings. The van der Waals surface area contributed by atoms with Crippen molar-refractivity contribution in [1.29, 1.82) is 0 Å². The monoisotopic (exact) mass is 493 g/mol. The lowest BCUT2D eigenvalue weighted by molar-refractivity contribution is -0.113. The van der Waals surface area contributed by atoms with Gasteiger partial charge in [-0.25, -0.2) is 0 Å². The fourth-order valence-corrected chi connectivity index (χ4v) is 4.11. The van der Waals surface area contributed by atoms with E-state index in [0.717, 1.165) is 0 Å². The summed E-state index contributed by atoms with van der Waals surface area (Å²) in [4.78, 5) is 24.8. The van der Waals surface area contributed by atoms with Crippen LogP contribution in [0.25, 0.3) is 0 Å². The summed E-state index contributed by atoms with van der Waals surface area (Å²) in [6.45, 7) is 1.81. The van der Waals surface area contributed by atoms with Crippen molar-refractivity contribution in [3.8, 4) is 5.75 Å². The van der Waals surface area contributed by atoms with E-state index in [-0.39, 0.29) is 23.6 Å². The molecule has 8 nitrogen and oxygen atoms in total. The number of ether oxygens (including phenoxy) is 1. The van der Waals surface area contributed by atoms with Gasteiger partial charge in [0, 0.05) is 28.3 Å². The smallest absolute Gasteiger partial charge is 0.251 e. The van der Waals surface area contributed by atoms with E-state index in [9.17, 15) is 9.59 Å². The van der Waals surface area contributed by atoms with E-state index in [0.29, 0.717) is 38.0 Å².